The summed E-state index contributed by atoms with van der Waals surface area (Å²) in [5.74, 6) is 1.48. The first-order chi connectivity index (χ1) is 18.5. The van der Waals surface area contributed by atoms with E-state index in [4.69, 9.17) is 14.9 Å². The second-order valence-corrected chi connectivity index (χ2v) is 9.62. The smallest absolute Gasteiger partial charge is 0.184 e. The van der Waals surface area contributed by atoms with Gasteiger partial charge in [-0.3, -0.25) is 0 Å². The number of aromatic nitrogens is 3. The molecule has 0 N–H and O–H groups in total. The van der Waals surface area contributed by atoms with Crippen LogP contribution in [0, 0.1) is 27.7 Å². The van der Waals surface area contributed by atoms with E-state index in [1.54, 1.807) is 7.11 Å². The lowest BCUT2D eigenvalue weighted by atomic mass is 10.1. The molecule has 6 rings (SSSR count). The Kier molecular flexibility index (Phi) is 5.80. The summed E-state index contributed by atoms with van der Waals surface area (Å²) in [6.07, 6.45) is 0. The molecule has 6 heteroatoms. The van der Waals surface area contributed by atoms with Crippen LogP contribution in [0.5, 0.6) is 5.75 Å². The molecule has 0 radical (unpaired) electrons. The summed E-state index contributed by atoms with van der Waals surface area (Å²) in [5.41, 5.74) is 9.51. The zero-order valence-electron chi connectivity index (χ0n) is 22.2. The summed E-state index contributed by atoms with van der Waals surface area (Å²) in [4.78, 5) is 0. The van der Waals surface area contributed by atoms with E-state index in [0.29, 0.717) is 5.82 Å². The fourth-order valence-electron chi connectivity index (χ4n) is 5.32. The Labute approximate surface area is 221 Å². The van der Waals surface area contributed by atoms with Gasteiger partial charge < -0.3 is 9.30 Å². The average molecular weight is 500 g/mol. The van der Waals surface area contributed by atoms with Crippen LogP contribution in [0.15, 0.2) is 95.2 Å². The van der Waals surface area contributed by atoms with Crippen molar-refractivity contribution in [3.05, 3.63) is 108 Å². The van der Waals surface area contributed by atoms with Crippen molar-refractivity contribution in [2.24, 2.45) is 10.2 Å². The fraction of sp³-hybridized carbons (Fsp3) is 0.156. The zero-order chi connectivity index (χ0) is 26.4. The minimum atomic E-state index is 0.701. The van der Waals surface area contributed by atoms with Crippen LogP contribution < -0.4 is 4.74 Å². The van der Waals surface area contributed by atoms with Gasteiger partial charge in [-0.1, -0.05) is 48.0 Å². The van der Waals surface area contributed by atoms with Gasteiger partial charge in [-0.25, -0.2) is 4.52 Å². The molecule has 0 saturated heterocycles. The number of benzene rings is 3. The summed E-state index contributed by atoms with van der Waals surface area (Å²) in [5, 5.41) is 16.7. The number of azo groups is 1. The number of rotatable bonds is 5. The van der Waals surface area contributed by atoms with Crippen molar-refractivity contribution in [1.82, 2.24) is 14.2 Å². The third kappa shape index (κ3) is 3.86. The predicted octanol–water partition coefficient (Wildman–Crippen LogP) is 8.60. The molecule has 38 heavy (non-hydrogen) atoms. The van der Waals surface area contributed by atoms with Crippen molar-refractivity contribution in [3.63, 3.8) is 0 Å². The Bertz CT molecular complexity index is 1810. The molecule has 0 aliphatic heterocycles. The highest BCUT2D eigenvalue weighted by Crippen LogP contribution is 2.40. The molecule has 3 heterocycles. The summed E-state index contributed by atoms with van der Waals surface area (Å²) >= 11 is 0. The monoisotopic (exact) mass is 499 g/mol. The summed E-state index contributed by atoms with van der Waals surface area (Å²) in [7, 11) is 1.65. The van der Waals surface area contributed by atoms with Crippen LogP contribution in [-0.4, -0.2) is 21.3 Å². The molecule has 0 fully saturated rings. The zero-order valence-corrected chi connectivity index (χ0v) is 22.2. The number of hydrogen-bond donors (Lipinski definition) is 0. The van der Waals surface area contributed by atoms with Crippen LogP contribution in [0.4, 0.5) is 11.5 Å². The van der Waals surface area contributed by atoms with Gasteiger partial charge in [-0.05, 0) is 75.7 Å². The van der Waals surface area contributed by atoms with Gasteiger partial charge in [-0.15, -0.1) is 10.2 Å². The van der Waals surface area contributed by atoms with Gasteiger partial charge in [0.05, 0.1) is 24.0 Å². The maximum Gasteiger partial charge on any atom is 0.184 e. The molecule has 0 saturated carbocycles. The van der Waals surface area contributed by atoms with Crippen LogP contribution >= 0.6 is 0 Å². The Hall–Kier alpha value is -4.71. The highest BCUT2D eigenvalue weighted by molar-refractivity contribution is 6.04. The van der Waals surface area contributed by atoms with Gasteiger partial charge in [0.15, 0.2) is 5.82 Å². The highest BCUT2D eigenvalue weighted by atomic mass is 16.5. The van der Waals surface area contributed by atoms with Crippen molar-refractivity contribution < 1.29 is 4.74 Å². The molecule has 0 unspecified atom stereocenters. The molecule has 6 aromatic rings. The van der Waals surface area contributed by atoms with Gasteiger partial charge in [0.25, 0.3) is 0 Å². The Balaban J connectivity index is 1.62. The number of fused-ring (bicyclic) bond motifs is 3. The van der Waals surface area contributed by atoms with E-state index in [1.807, 2.05) is 47.0 Å². The van der Waals surface area contributed by atoms with Gasteiger partial charge in [-0.2, -0.15) is 5.10 Å². The second-order valence-electron chi connectivity index (χ2n) is 9.62. The van der Waals surface area contributed by atoms with E-state index < -0.39 is 0 Å². The lowest BCUT2D eigenvalue weighted by molar-refractivity contribution is 0.415. The van der Waals surface area contributed by atoms with Crippen molar-refractivity contribution in [2.45, 2.75) is 27.7 Å². The number of hydrogen-bond acceptors (Lipinski definition) is 4. The van der Waals surface area contributed by atoms with Crippen LogP contribution in [-0.2, 0) is 0 Å². The van der Waals surface area contributed by atoms with Crippen molar-refractivity contribution in [2.75, 3.05) is 7.11 Å². The first-order valence-corrected chi connectivity index (χ1v) is 12.7. The number of ether oxygens (including phenoxy) is 1. The molecule has 0 amide bonds. The lowest BCUT2D eigenvalue weighted by Crippen LogP contribution is -1.98. The molecule has 3 aromatic carbocycles. The topological polar surface area (TPSA) is 56.2 Å². The Morgan fingerprint density at radius 2 is 1.42 bits per heavy atom. The van der Waals surface area contributed by atoms with Gasteiger partial charge >= 0.3 is 0 Å². The van der Waals surface area contributed by atoms with Crippen LogP contribution in [0.3, 0.4) is 0 Å². The number of nitrogens with zero attached hydrogens (tertiary/aromatic N) is 5. The molecule has 0 aliphatic rings. The molecule has 0 bridgehead atoms. The van der Waals surface area contributed by atoms with E-state index >= 15 is 0 Å². The van der Waals surface area contributed by atoms with Crippen molar-refractivity contribution >= 4 is 27.8 Å². The SMILES string of the molecule is COc1ccc(N=Nc2c(-c3ccccc3)cc3c4c(C)n(-c5ccc(C)cc5)c(C)c4c(C)nn23)cc1. The number of aryl methyl sites for hydroxylation is 4. The minimum Gasteiger partial charge on any atom is -0.497 e. The minimum absolute atomic E-state index is 0.701. The molecule has 0 atom stereocenters. The number of methoxy groups -OCH3 is 1. The molecular formula is C32H29N5O. The fourth-order valence-corrected chi connectivity index (χ4v) is 5.32. The normalized spacial score (nSPS) is 11.7. The van der Waals surface area contributed by atoms with Crippen LogP contribution in [0.25, 0.3) is 33.1 Å². The van der Waals surface area contributed by atoms with E-state index in [-0.39, 0.29) is 0 Å². The predicted molar refractivity (Wildman–Crippen MR) is 154 cm³/mol. The molecule has 0 aliphatic carbocycles. The van der Waals surface area contributed by atoms with Crippen LogP contribution in [0.2, 0.25) is 0 Å². The van der Waals surface area contributed by atoms with Crippen molar-refractivity contribution in [3.8, 4) is 22.6 Å². The van der Waals surface area contributed by atoms with Gasteiger partial charge in [0, 0.05) is 33.4 Å². The lowest BCUT2D eigenvalue weighted by Gasteiger charge is -2.09. The van der Waals surface area contributed by atoms with E-state index in [9.17, 15) is 0 Å². The highest BCUT2D eigenvalue weighted by Gasteiger charge is 2.22. The third-order valence-electron chi connectivity index (χ3n) is 7.17. The van der Waals surface area contributed by atoms with E-state index in [2.05, 4.69) is 79.8 Å². The van der Waals surface area contributed by atoms with Gasteiger partial charge in [0.1, 0.15) is 5.75 Å². The summed E-state index contributed by atoms with van der Waals surface area (Å²) in [6.45, 7) is 8.54. The second kappa shape index (κ2) is 9.30. The third-order valence-corrected chi connectivity index (χ3v) is 7.17. The van der Waals surface area contributed by atoms with Gasteiger partial charge in [0.2, 0.25) is 0 Å². The Morgan fingerprint density at radius 3 is 2.11 bits per heavy atom. The first-order valence-electron chi connectivity index (χ1n) is 12.7. The molecular weight excluding hydrogens is 470 g/mol. The van der Waals surface area contributed by atoms with Crippen molar-refractivity contribution in [1.29, 1.82) is 0 Å². The maximum atomic E-state index is 5.28. The largest absolute Gasteiger partial charge is 0.497 e. The first kappa shape index (κ1) is 23.7. The standard InChI is InChI=1S/C32H29N5O/c1-20-11-15-26(16-12-20)36-22(3)30-21(2)35-37-29(31(30)23(36)4)19-28(24-9-7-6-8-10-24)32(37)34-33-25-13-17-27(38-5)18-14-25/h6-19H,1-5H3. The van der Waals surface area contributed by atoms with E-state index in [1.165, 1.54) is 27.7 Å². The average Bonchev–Trinajstić information content (AvgIpc) is 3.43. The maximum absolute atomic E-state index is 5.28. The molecule has 3 aromatic heterocycles. The molecule has 6 nitrogen and oxygen atoms in total. The summed E-state index contributed by atoms with van der Waals surface area (Å²) in [6, 6.07) is 28.7. The van der Waals surface area contributed by atoms with Crippen LogP contribution in [0.1, 0.15) is 22.6 Å². The molecule has 188 valence electrons. The summed E-state index contributed by atoms with van der Waals surface area (Å²) < 4.78 is 9.55. The quantitative estimate of drug-likeness (QED) is 0.223. The van der Waals surface area contributed by atoms with E-state index in [0.717, 1.165) is 39.5 Å². The molecule has 0 spiro atoms. The Morgan fingerprint density at radius 1 is 0.737 bits per heavy atom.